The predicted octanol–water partition coefficient (Wildman–Crippen LogP) is 0.983. The Kier molecular flexibility index (Phi) is 13.1. The summed E-state index contributed by atoms with van der Waals surface area (Å²) in [6.45, 7) is 6.95. The first kappa shape index (κ1) is 24.7. The van der Waals surface area contributed by atoms with Gasteiger partial charge < -0.3 is 34.3 Å². The van der Waals surface area contributed by atoms with Crippen LogP contribution in [0.5, 0.6) is 0 Å². The van der Waals surface area contributed by atoms with Crippen molar-refractivity contribution in [3.8, 4) is 0 Å². The number of hydrogen-bond donors (Lipinski definition) is 3. The van der Waals surface area contributed by atoms with E-state index in [1.807, 2.05) is 0 Å². The minimum Gasteiger partial charge on any atom is -0.465 e. The van der Waals surface area contributed by atoms with Crippen LogP contribution < -0.4 is 0 Å². The Morgan fingerprint density at radius 3 is 1.73 bits per heavy atom. The molecule has 0 saturated heterocycles. The lowest BCUT2D eigenvalue weighted by Crippen LogP contribution is -2.36. The normalized spacial score (nSPS) is 12.4. The number of aliphatic hydroxyl groups is 3. The van der Waals surface area contributed by atoms with Crippen LogP contribution in [0.3, 0.4) is 0 Å². The Hall–Kier alpha value is -1.35. The molecule has 0 spiro atoms. The zero-order valence-electron chi connectivity index (χ0n) is 16.3. The number of carbonyl (C=O) groups is 1. The summed E-state index contributed by atoms with van der Waals surface area (Å²) < 4.78 is 21.8. The van der Waals surface area contributed by atoms with Crippen LogP contribution in [0.2, 0.25) is 0 Å². The summed E-state index contributed by atoms with van der Waals surface area (Å²) >= 11 is 0. The lowest BCUT2D eigenvalue weighted by atomic mass is 9.84. The van der Waals surface area contributed by atoms with Crippen molar-refractivity contribution in [2.45, 2.75) is 46.6 Å². The highest BCUT2D eigenvalue weighted by Gasteiger charge is 2.34. The van der Waals surface area contributed by atoms with Gasteiger partial charge in [0.25, 0.3) is 5.95 Å². The van der Waals surface area contributed by atoms with Gasteiger partial charge in [-0.25, -0.2) is 4.79 Å². The summed E-state index contributed by atoms with van der Waals surface area (Å²) in [6.07, 6.45) is -0.237. The van der Waals surface area contributed by atoms with E-state index in [4.69, 9.17) is 18.9 Å². The van der Waals surface area contributed by atoms with Crippen molar-refractivity contribution in [1.29, 1.82) is 0 Å². The van der Waals surface area contributed by atoms with Gasteiger partial charge in [0.05, 0.1) is 45.7 Å². The van der Waals surface area contributed by atoms with Gasteiger partial charge in [0, 0.05) is 12.0 Å². The van der Waals surface area contributed by atoms with Crippen molar-refractivity contribution in [3.05, 3.63) is 11.5 Å². The number of ether oxygens (including phenoxy) is 4. The van der Waals surface area contributed by atoms with Gasteiger partial charge in [0.1, 0.15) is 5.57 Å². The number of carbonyl (C=O) groups excluding carboxylic acids is 1. The Morgan fingerprint density at radius 2 is 1.35 bits per heavy atom. The molecule has 0 aromatic rings. The maximum atomic E-state index is 12.5. The number of rotatable bonds is 15. The quantitative estimate of drug-likeness (QED) is 0.219. The average Bonchev–Trinajstić information content (AvgIpc) is 2.64. The molecule has 0 heterocycles. The van der Waals surface area contributed by atoms with Crippen LogP contribution in [0, 0.1) is 5.41 Å². The molecule has 0 saturated carbocycles. The highest BCUT2D eigenvalue weighted by atomic mass is 16.7. The summed E-state index contributed by atoms with van der Waals surface area (Å²) in [5.74, 6) is -0.556. The standard InChI is InChI=1S/C18H34O8/c1-5-23-14(9-10-18(11-19,12-20)13-21)15(16(22)24-6-2)17(25-7-3)26-8-4/h14,19-21H,5-13H2,1-4H3. The van der Waals surface area contributed by atoms with E-state index < -0.39 is 17.5 Å². The lowest BCUT2D eigenvalue weighted by Gasteiger charge is -2.30. The van der Waals surface area contributed by atoms with Crippen LogP contribution in [0.4, 0.5) is 0 Å². The molecule has 154 valence electrons. The molecule has 0 aliphatic carbocycles. The molecule has 1 unspecified atom stereocenters. The fourth-order valence-electron chi connectivity index (χ4n) is 2.35. The van der Waals surface area contributed by atoms with Gasteiger partial charge in [0.15, 0.2) is 0 Å². The monoisotopic (exact) mass is 378 g/mol. The zero-order chi connectivity index (χ0) is 20.0. The van der Waals surface area contributed by atoms with Gasteiger partial charge in [-0.2, -0.15) is 0 Å². The Labute approximate surface area is 155 Å². The summed E-state index contributed by atoms with van der Waals surface area (Å²) in [5, 5.41) is 28.5. The van der Waals surface area contributed by atoms with E-state index in [1.54, 1.807) is 27.7 Å². The largest absolute Gasteiger partial charge is 0.465 e. The minimum atomic E-state index is -1.06. The lowest BCUT2D eigenvalue weighted by molar-refractivity contribution is -0.141. The summed E-state index contributed by atoms with van der Waals surface area (Å²) in [5.41, 5.74) is -0.938. The van der Waals surface area contributed by atoms with Crippen molar-refractivity contribution in [3.63, 3.8) is 0 Å². The van der Waals surface area contributed by atoms with Crippen LogP contribution in [-0.4, -0.2) is 73.6 Å². The van der Waals surface area contributed by atoms with Gasteiger partial charge in [-0.15, -0.1) is 0 Å². The molecule has 0 amide bonds. The van der Waals surface area contributed by atoms with Crippen LogP contribution in [0.1, 0.15) is 40.5 Å². The second-order valence-corrected chi connectivity index (χ2v) is 5.74. The fourth-order valence-corrected chi connectivity index (χ4v) is 2.35. The molecule has 0 aromatic carbocycles. The molecular formula is C18H34O8. The third kappa shape index (κ3) is 7.49. The van der Waals surface area contributed by atoms with Crippen molar-refractivity contribution in [1.82, 2.24) is 0 Å². The second-order valence-electron chi connectivity index (χ2n) is 5.74. The minimum absolute atomic E-state index is 0.0505. The van der Waals surface area contributed by atoms with Crippen molar-refractivity contribution >= 4 is 5.97 Å². The highest BCUT2D eigenvalue weighted by molar-refractivity contribution is 5.89. The van der Waals surface area contributed by atoms with Crippen molar-refractivity contribution in [2.24, 2.45) is 5.41 Å². The molecule has 0 bridgehead atoms. The number of aliphatic hydroxyl groups excluding tert-OH is 3. The van der Waals surface area contributed by atoms with E-state index in [0.29, 0.717) is 19.8 Å². The van der Waals surface area contributed by atoms with Crippen LogP contribution in [0.15, 0.2) is 11.5 Å². The first-order valence-electron chi connectivity index (χ1n) is 9.10. The van der Waals surface area contributed by atoms with E-state index in [2.05, 4.69) is 0 Å². The first-order valence-corrected chi connectivity index (χ1v) is 9.10. The molecular weight excluding hydrogens is 344 g/mol. The summed E-state index contributed by atoms with van der Waals surface area (Å²) in [6, 6.07) is 0. The van der Waals surface area contributed by atoms with Crippen molar-refractivity contribution < 1.29 is 39.1 Å². The number of esters is 1. The van der Waals surface area contributed by atoms with Gasteiger partial charge >= 0.3 is 5.97 Å². The Bertz CT molecular complexity index is 401. The SMILES string of the molecule is CCOC(=O)C(=C(OCC)OCC)C(CCC(CO)(CO)CO)OCC. The third-order valence-electron chi connectivity index (χ3n) is 3.90. The van der Waals surface area contributed by atoms with Crippen LogP contribution >= 0.6 is 0 Å². The van der Waals surface area contributed by atoms with Crippen LogP contribution in [0.25, 0.3) is 0 Å². The van der Waals surface area contributed by atoms with Gasteiger partial charge in [-0.05, 0) is 40.5 Å². The first-order chi connectivity index (χ1) is 12.5. The summed E-state index contributed by atoms with van der Waals surface area (Å²) in [4.78, 5) is 12.5. The van der Waals surface area contributed by atoms with Gasteiger partial charge in [0.2, 0.25) is 0 Å². The topological polar surface area (TPSA) is 115 Å². The zero-order valence-corrected chi connectivity index (χ0v) is 16.3. The molecule has 1 atom stereocenters. The average molecular weight is 378 g/mol. The molecule has 0 radical (unpaired) electrons. The number of hydrogen-bond acceptors (Lipinski definition) is 8. The molecule has 0 aliphatic heterocycles. The molecule has 0 fully saturated rings. The Morgan fingerprint density at radius 1 is 0.846 bits per heavy atom. The second kappa shape index (κ2) is 13.8. The fraction of sp³-hybridized carbons (Fsp3) is 0.833. The maximum Gasteiger partial charge on any atom is 0.343 e. The van der Waals surface area contributed by atoms with E-state index in [1.165, 1.54) is 0 Å². The van der Waals surface area contributed by atoms with Crippen molar-refractivity contribution in [2.75, 3.05) is 46.2 Å². The summed E-state index contributed by atoms with van der Waals surface area (Å²) in [7, 11) is 0. The molecule has 0 rings (SSSR count). The third-order valence-corrected chi connectivity index (χ3v) is 3.90. The molecule has 0 aromatic heterocycles. The Balaban J connectivity index is 5.76. The van der Waals surface area contributed by atoms with E-state index in [0.717, 1.165) is 0 Å². The van der Waals surface area contributed by atoms with Gasteiger partial charge in [-0.1, -0.05) is 0 Å². The molecule has 8 heteroatoms. The molecule has 8 nitrogen and oxygen atoms in total. The van der Waals surface area contributed by atoms with Crippen LogP contribution in [-0.2, 0) is 23.7 Å². The van der Waals surface area contributed by atoms with Gasteiger partial charge in [-0.3, -0.25) is 0 Å². The molecule has 0 aliphatic rings. The van der Waals surface area contributed by atoms with E-state index in [9.17, 15) is 20.1 Å². The molecule has 3 N–H and O–H groups in total. The van der Waals surface area contributed by atoms with E-state index in [-0.39, 0.29) is 50.8 Å². The molecule has 26 heavy (non-hydrogen) atoms. The maximum absolute atomic E-state index is 12.5. The smallest absolute Gasteiger partial charge is 0.343 e. The van der Waals surface area contributed by atoms with E-state index >= 15 is 0 Å². The predicted molar refractivity (Wildman–Crippen MR) is 95.2 cm³/mol. The highest BCUT2D eigenvalue weighted by Crippen LogP contribution is 2.28.